The highest BCUT2D eigenvalue weighted by Crippen LogP contribution is 2.19. The highest BCUT2D eigenvalue weighted by molar-refractivity contribution is 5.83. The standard InChI is InChI=1S/C19H31NO/c1-4-6-7-9-12-16(3)15-20-19(21)18(5-2)17-13-10-8-11-14-17/h8,10-11,13-14,16,18H,4-7,9,12,15H2,1-3H3,(H,20,21). The first-order valence-corrected chi connectivity index (χ1v) is 8.51. The summed E-state index contributed by atoms with van der Waals surface area (Å²) in [5.41, 5.74) is 1.12. The molecule has 2 heteroatoms. The van der Waals surface area contributed by atoms with Gasteiger partial charge in [0.15, 0.2) is 0 Å². The van der Waals surface area contributed by atoms with Crippen LogP contribution in [-0.2, 0) is 4.79 Å². The van der Waals surface area contributed by atoms with Crippen molar-refractivity contribution in [2.75, 3.05) is 6.54 Å². The molecule has 0 spiro atoms. The number of hydrogen-bond acceptors (Lipinski definition) is 1. The zero-order chi connectivity index (χ0) is 15.5. The van der Waals surface area contributed by atoms with E-state index in [4.69, 9.17) is 0 Å². The predicted molar refractivity (Wildman–Crippen MR) is 90.4 cm³/mol. The molecule has 2 nitrogen and oxygen atoms in total. The van der Waals surface area contributed by atoms with Gasteiger partial charge in [0, 0.05) is 6.54 Å². The molecule has 1 aromatic rings. The van der Waals surface area contributed by atoms with Gasteiger partial charge in [0.05, 0.1) is 5.92 Å². The summed E-state index contributed by atoms with van der Waals surface area (Å²) in [6, 6.07) is 10.1. The van der Waals surface area contributed by atoms with Gasteiger partial charge in [0.1, 0.15) is 0 Å². The van der Waals surface area contributed by atoms with Gasteiger partial charge in [-0.2, -0.15) is 0 Å². The summed E-state index contributed by atoms with van der Waals surface area (Å²) in [6.45, 7) is 7.34. The Morgan fingerprint density at radius 1 is 1.10 bits per heavy atom. The van der Waals surface area contributed by atoms with E-state index in [0.717, 1.165) is 18.5 Å². The van der Waals surface area contributed by atoms with Gasteiger partial charge in [0.25, 0.3) is 0 Å². The van der Waals surface area contributed by atoms with Crippen LogP contribution in [0.2, 0.25) is 0 Å². The molecule has 1 amide bonds. The summed E-state index contributed by atoms with van der Waals surface area (Å²) < 4.78 is 0. The van der Waals surface area contributed by atoms with Crippen LogP contribution in [0.5, 0.6) is 0 Å². The van der Waals surface area contributed by atoms with Gasteiger partial charge in [-0.15, -0.1) is 0 Å². The molecular formula is C19H31NO. The van der Waals surface area contributed by atoms with Gasteiger partial charge in [-0.3, -0.25) is 4.79 Å². The lowest BCUT2D eigenvalue weighted by molar-refractivity contribution is -0.122. The van der Waals surface area contributed by atoms with E-state index in [1.807, 2.05) is 30.3 Å². The second-order valence-corrected chi connectivity index (χ2v) is 6.07. The monoisotopic (exact) mass is 289 g/mol. The summed E-state index contributed by atoms with van der Waals surface area (Å²) in [6.07, 6.45) is 7.26. The molecular weight excluding hydrogens is 258 g/mol. The minimum absolute atomic E-state index is 0.0153. The highest BCUT2D eigenvalue weighted by Gasteiger charge is 2.18. The van der Waals surface area contributed by atoms with Crippen molar-refractivity contribution in [1.82, 2.24) is 5.32 Å². The molecule has 1 aromatic carbocycles. The Bertz CT molecular complexity index is 388. The topological polar surface area (TPSA) is 29.1 Å². The molecule has 1 rings (SSSR count). The average molecular weight is 289 g/mol. The first-order valence-electron chi connectivity index (χ1n) is 8.51. The van der Waals surface area contributed by atoms with E-state index >= 15 is 0 Å². The van der Waals surface area contributed by atoms with Gasteiger partial charge in [-0.25, -0.2) is 0 Å². The third-order valence-electron chi connectivity index (χ3n) is 4.10. The molecule has 1 N–H and O–H groups in total. The minimum Gasteiger partial charge on any atom is -0.355 e. The van der Waals surface area contributed by atoms with Gasteiger partial charge in [-0.05, 0) is 24.3 Å². The van der Waals surface area contributed by atoms with E-state index in [0.29, 0.717) is 5.92 Å². The largest absolute Gasteiger partial charge is 0.355 e. The molecule has 0 fully saturated rings. The second kappa shape index (κ2) is 10.4. The Labute approximate surface area is 130 Å². The van der Waals surface area contributed by atoms with Crippen LogP contribution < -0.4 is 5.32 Å². The smallest absolute Gasteiger partial charge is 0.227 e. The van der Waals surface area contributed by atoms with E-state index in [1.165, 1.54) is 32.1 Å². The summed E-state index contributed by atoms with van der Waals surface area (Å²) in [7, 11) is 0. The normalized spacial score (nSPS) is 13.7. The molecule has 0 saturated heterocycles. The van der Waals surface area contributed by atoms with Crippen molar-refractivity contribution in [3.05, 3.63) is 35.9 Å². The van der Waals surface area contributed by atoms with E-state index in [9.17, 15) is 4.79 Å². The van der Waals surface area contributed by atoms with Crippen LogP contribution in [0.15, 0.2) is 30.3 Å². The second-order valence-electron chi connectivity index (χ2n) is 6.07. The van der Waals surface area contributed by atoms with Crippen molar-refractivity contribution in [3.8, 4) is 0 Å². The zero-order valence-corrected chi connectivity index (χ0v) is 13.9. The Hall–Kier alpha value is -1.31. The van der Waals surface area contributed by atoms with Crippen LogP contribution in [0.3, 0.4) is 0 Å². The lowest BCUT2D eigenvalue weighted by atomic mass is 9.95. The Balaban J connectivity index is 2.34. The fourth-order valence-electron chi connectivity index (χ4n) is 2.68. The third kappa shape index (κ3) is 6.79. The average Bonchev–Trinajstić information content (AvgIpc) is 2.51. The van der Waals surface area contributed by atoms with Crippen molar-refractivity contribution in [2.24, 2.45) is 5.92 Å². The molecule has 0 aromatic heterocycles. The summed E-state index contributed by atoms with van der Waals surface area (Å²) in [5, 5.41) is 3.13. The maximum absolute atomic E-state index is 12.3. The van der Waals surface area contributed by atoms with Gasteiger partial charge in [0.2, 0.25) is 5.91 Å². The van der Waals surface area contributed by atoms with Crippen LogP contribution in [0.25, 0.3) is 0 Å². The van der Waals surface area contributed by atoms with Crippen LogP contribution in [0, 0.1) is 5.92 Å². The molecule has 2 atom stereocenters. The fourth-order valence-corrected chi connectivity index (χ4v) is 2.68. The summed E-state index contributed by atoms with van der Waals surface area (Å²) in [4.78, 5) is 12.3. The van der Waals surface area contributed by atoms with E-state index in [2.05, 4.69) is 26.1 Å². The Kier molecular flexibility index (Phi) is 8.80. The Morgan fingerprint density at radius 3 is 2.43 bits per heavy atom. The van der Waals surface area contributed by atoms with E-state index in [-0.39, 0.29) is 11.8 Å². The summed E-state index contributed by atoms with van der Waals surface area (Å²) in [5.74, 6) is 0.724. The fraction of sp³-hybridized carbons (Fsp3) is 0.632. The van der Waals surface area contributed by atoms with Crippen molar-refractivity contribution >= 4 is 5.91 Å². The number of nitrogens with one attached hydrogen (secondary N) is 1. The number of amides is 1. The van der Waals surface area contributed by atoms with Crippen LogP contribution in [-0.4, -0.2) is 12.5 Å². The van der Waals surface area contributed by atoms with E-state index in [1.54, 1.807) is 0 Å². The van der Waals surface area contributed by atoms with Crippen molar-refractivity contribution < 1.29 is 4.79 Å². The van der Waals surface area contributed by atoms with Gasteiger partial charge < -0.3 is 5.32 Å². The number of rotatable bonds is 10. The van der Waals surface area contributed by atoms with Crippen LogP contribution >= 0.6 is 0 Å². The van der Waals surface area contributed by atoms with Crippen molar-refractivity contribution in [3.63, 3.8) is 0 Å². The number of unbranched alkanes of at least 4 members (excludes halogenated alkanes) is 3. The van der Waals surface area contributed by atoms with Crippen LogP contribution in [0.4, 0.5) is 0 Å². The molecule has 0 aliphatic carbocycles. The SMILES string of the molecule is CCCCCCC(C)CNC(=O)C(CC)c1ccccc1. The molecule has 0 aliphatic rings. The van der Waals surface area contributed by atoms with Crippen molar-refractivity contribution in [1.29, 1.82) is 0 Å². The molecule has 0 saturated carbocycles. The Morgan fingerprint density at radius 2 is 1.81 bits per heavy atom. The molecule has 0 bridgehead atoms. The molecule has 118 valence electrons. The minimum atomic E-state index is -0.0153. The lowest BCUT2D eigenvalue weighted by Crippen LogP contribution is -2.32. The highest BCUT2D eigenvalue weighted by atomic mass is 16.1. The maximum atomic E-state index is 12.3. The first-order chi connectivity index (χ1) is 10.2. The van der Waals surface area contributed by atoms with Gasteiger partial charge >= 0.3 is 0 Å². The zero-order valence-electron chi connectivity index (χ0n) is 13.9. The van der Waals surface area contributed by atoms with Crippen molar-refractivity contribution in [2.45, 2.75) is 65.2 Å². The molecule has 0 aliphatic heterocycles. The van der Waals surface area contributed by atoms with Crippen LogP contribution in [0.1, 0.15) is 70.8 Å². The molecule has 21 heavy (non-hydrogen) atoms. The number of benzene rings is 1. The van der Waals surface area contributed by atoms with E-state index < -0.39 is 0 Å². The quantitative estimate of drug-likeness (QED) is 0.610. The number of carbonyl (C=O) groups is 1. The number of hydrogen-bond donors (Lipinski definition) is 1. The molecule has 0 radical (unpaired) electrons. The third-order valence-corrected chi connectivity index (χ3v) is 4.10. The first kappa shape index (κ1) is 17.7. The molecule has 0 heterocycles. The number of carbonyl (C=O) groups excluding carboxylic acids is 1. The predicted octanol–water partition coefficient (Wildman–Crippen LogP) is 4.90. The maximum Gasteiger partial charge on any atom is 0.227 e. The van der Waals surface area contributed by atoms with Gasteiger partial charge in [-0.1, -0.05) is 76.8 Å². The molecule has 2 unspecified atom stereocenters. The summed E-state index contributed by atoms with van der Waals surface area (Å²) >= 11 is 0. The lowest BCUT2D eigenvalue weighted by Gasteiger charge is -2.18.